The zero-order valence-corrected chi connectivity index (χ0v) is 24.2. The molecule has 2 saturated heterocycles. The van der Waals surface area contributed by atoms with Gasteiger partial charge in [0, 0.05) is 5.56 Å². The van der Waals surface area contributed by atoms with Crippen molar-refractivity contribution in [1.82, 2.24) is 19.5 Å². The minimum absolute atomic E-state index is 0.227. The van der Waals surface area contributed by atoms with Gasteiger partial charge in [0.25, 0.3) is 0 Å². The van der Waals surface area contributed by atoms with Gasteiger partial charge in [-0.05, 0) is 63.1 Å². The van der Waals surface area contributed by atoms with Gasteiger partial charge in [-0.15, -0.1) is 0 Å². The molecule has 0 saturated carbocycles. The number of imidazole rings is 1. The van der Waals surface area contributed by atoms with Gasteiger partial charge in [-0.25, -0.2) is 24.5 Å². The number of carbonyl (C=O) groups is 2. The largest absolute Gasteiger partial charge is 0.462 e. The van der Waals surface area contributed by atoms with E-state index in [1.54, 1.807) is 67.2 Å². The van der Waals surface area contributed by atoms with Gasteiger partial charge in [0.05, 0.1) is 37.3 Å². The van der Waals surface area contributed by atoms with Gasteiger partial charge < -0.3 is 28.8 Å². The second kappa shape index (κ2) is 11.5. The maximum absolute atomic E-state index is 12.7. The molecular formula is C31H32N4O8. The molecule has 4 heterocycles. The molecule has 0 aliphatic carbocycles. The maximum Gasteiger partial charge on any atom is 0.338 e. The van der Waals surface area contributed by atoms with Crippen LogP contribution in [0.25, 0.3) is 33.5 Å². The summed E-state index contributed by atoms with van der Waals surface area (Å²) < 4.78 is 30.4. The van der Waals surface area contributed by atoms with E-state index in [-0.39, 0.29) is 19.8 Å². The zero-order chi connectivity index (χ0) is 30.3. The summed E-state index contributed by atoms with van der Waals surface area (Å²) in [4.78, 5) is 38.7. The maximum atomic E-state index is 12.7. The zero-order valence-electron chi connectivity index (χ0n) is 24.2. The summed E-state index contributed by atoms with van der Waals surface area (Å²) in [6.45, 7) is 7.43. The van der Waals surface area contributed by atoms with E-state index >= 15 is 0 Å². The number of carbonyl (C=O) groups excluding carboxylic acids is 2. The monoisotopic (exact) mass is 588 g/mol. The fourth-order valence-corrected chi connectivity index (χ4v) is 5.60. The summed E-state index contributed by atoms with van der Waals surface area (Å²) in [5, 5.41) is 9.94. The Labute approximate surface area is 247 Å². The Bertz CT molecular complexity index is 1670. The number of benzene rings is 2. The number of aliphatic hydroxyl groups is 1. The van der Waals surface area contributed by atoms with Gasteiger partial charge in [0.2, 0.25) is 0 Å². The highest BCUT2D eigenvalue weighted by molar-refractivity contribution is 5.98. The van der Waals surface area contributed by atoms with Crippen molar-refractivity contribution in [2.24, 2.45) is 0 Å². The molecule has 2 aromatic heterocycles. The molecule has 43 heavy (non-hydrogen) atoms. The Morgan fingerprint density at radius 2 is 1.58 bits per heavy atom. The average molecular weight is 589 g/mol. The minimum Gasteiger partial charge on any atom is -0.462 e. The van der Waals surface area contributed by atoms with Crippen molar-refractivity contribution in [2.45, 2.75) is 58.0 Å². The molecule has 2 aliphatic rings. The lowest BCUT2D eigenvalue weighted by molar-refractivity contribution is -0.199. The molecule has 2 fully saturated rings. The summed E-state index contributed by atoms with van der Waals surface area (Å²) in [5.74, 6) is -1.71. The summed E-state index contributed by atoms with van der Waals surface area (Å²) in [6, 6.07) is 12.1. The van der Waals surface area contributed by atoms with Gasteiger partial charge in [-0.2, -0.15) is 0 Å². The second-order valence-electron chi connectivity index (χ2n) is 10.6. The minimum atomic E-state index is -0.834. The molecule has 4 unspecified atom stereocenters. The standard InChI is InChI=1S/C31H32N4O8/c1-5-39-29(37)18-9-7-17(8-10-18)21-13-19(30(38)40-6-2)11-12-20(21)23-24-27(33-15-32-23)35(16-34-24)28-26-25(22(14-36)41-28)42-31(3,4)43-26/h7-13,15-16,22,25-26,28,36H,5-6,14H2,1-4H3. The van der Waals surface area contributed by atoms with E-state index in [1.165, 1.54) is 6.33 Å². The highest BCUT2D eigenvalue weighted by Gasteiger charge is 2.56. The summed E-state index contributed by atoms with van der Waals surface area (Å²) in [7, 11) is 0. The molecular weight excluding hydrogens is 556 g/mol. The number of rotatable bonds is 8. The van der Waals surface area contributed by atoms with Crippen LogP contribution in [0.2, 0.25) is 0 Å². The number of nitrogens with zero attached hydrogens (tertiary/aromatic N) is 4. The average Bonchev–Trinajstić information content (AvgIpc) is 3.67. The van der Waals surface area contributed by atoms with Crippen molar-refractivity contribution in [3.8, 4) is 22.4 Å². The van der Waals surface area contributed by atoms with Crippen LogP contribution in [0.5, 0.6) is 0 Å². The van der Waals surface area contributed by atoms with Gasteiger partial charge in [0.15, 0.2) is 17.7 Å². The second-order valence-corrected chi connectivity index (χ2v) is 10.6. The first-order valence-electron chi connectivity index (χ1n) is 14.1. The first-order chi connectivity index (χ1) is 20.7. The molecule has 0 spiro atoms. The van der Waals surface area contributed by atoms with Crippen molar-refractivity contribution >= 4 is 23.1 Å². The van der Waals surface area contributed by atoms with Gasteiger partial charge >= 0.3 is 11.9 Å². The molecule has 0 radical (unpaired) electrons. The molecule has 12 nitrogen and oxygen atoms in total. The topological polar surface area (TPSA) is 144 Å². The molecule has 0 amide bonds. The van der Waals surface area contributed by atoms with E-state index in [9.17, 15) is 14.7 Å². The van der Waals surface area contributed by atoms with Crippen LogP contribution in [0.4, 0.5) is 0 Å². The predicted octanol–water partition coefficient (Wildman–Crippen LogP) is 3.92. The molecule has 2 aromatic carbocycles. The quantitative estimate of drug-likeness (QED) is 0.299. The molecule has 2 aliphatic heterocycles. The lowest BCUT2D eigenvalue weighted by Gasteiger charge is -2.24. The molecule has 1 N–H and O–H groups in total. The van der Waals surface area contributed by atoms with Crippen LogP contribution in [0.3, 0.4) is 0 Å². The fourth-order valence-electron chi connectivity index (χ4n) is 5.60. The predicted molar refractivity (Wildman–Crippen MR) is 153 cm³/mol. The van der Waals surface area contributed by atoms with Crippen molar-refractivity contribution < 1.29 is 38.4 Å². The third-order valence-corrected chi connectivity index (χ3v) is 7.43. The highest BCUT2D eigenvalue weighted by Crippen LogP contribution is 2.44. The smallest absolute Gasteiger partial charge is 0.338 e. The molecule has 6 rings (SSSR count). The van der Waals surface area contributed by atoms with Crippen molar-refractivity contribution in [2.75, 3.05) is 19.8 Å². The first-order valence-corrected chi connectivity index (χ1v) is 14.1. The fraction of sp³-hybridized carbons (Fsp3) is 0.387. The van der Waals surface area contributed by atoms with E-state index in [1.807, 2.05) is 13.8 Å². The Morgan fingerprint density at radius 1 is 0.907 bits per heavy atom. The third-order valence-electron chi connectivity index (χ3n) is 7.43. The molecule has 12 heteroatoms. The van der Waals surface area contributed by atoms with E-state index in [0.29, 0.717) is 39.1 Å². The van der Waals surface area contributed by atoms with E-state index in [2.05, 4.69) is 15.0 Å². The Hall–Kier alpha value is -4.23. The van der Waals surface area contributed by atoms with Gasteiger partial charge in [0.1, 0.15) is 35.8 Å². The van der Waals surface area contributed by atoms with Crippen molar-refractivity contribution in [3.05, 3.63) is 66.2 Å². The van der Waals surface area contributed by atoms with Crippen molar-refractivity contribution in [3.63, 3.8) is 0 Å². The SMILES string of the molecule is CCOC(=O)c1ccc(-c2cc(C(=O)OCC)ccc2-c2ncnc3c2ncn3C2OC(CO)C3OC(C)(C)OC32)cc1. The Morgan fingerprint density at radius 3 is 2.28 bits per heavy atom. The van der Waals surface area contributed by atoms with Crippen LogP contribution in [-0.2, 0) is 23.7 Å². The summed E-state index contributed by atoms with van der Waals surface area (Å²) in [5.41, 5.74) is 4.42. The number of ether oxygens (including phenoxy) is 5. The number of hydrogen-bond donors (Lipinski definition) is 1. The summed E-state index contributed by atoms with van der Waals surface area (Å²) in [6.07, 6.45) is 0.894. The first kappa shape index (κ1) is 28.9. The lowest BCUT2D eigenvalue weighted by atomic mass is 9.94. The number of aliphatic hydroxyl groups excluding tert-OH is 1. The molecule has 0 bridgehead atoms. The third kappa shape index (κ3) is 5.27. The van der Waals surface area contributed by atoms with Crippen LogP contribution >= 0.6 is 0 Å². The number of fused-ring (bicyclic) bond motifs is 2. The highest BCUT2D eigenvalue weighted by atomic mass is 16.8. The van der Waals surface area contributed by atoms with Gasteiger partial charge in [-0.3, -0.25) is 4.57 Å². The Kier molecular flexibility index (Phi) is 7.69. The van der Waals surface area contributed by atoms with Crippen LogP contribution < -0.4 is 0 Å². The normalized spacial score (nSPS) is 22.4. The lowest BCUT2D eigenvalue weighted by Crippen LogP contribution is -2.31. The van der Waals surface area contributed by atoms with Crippen molar-refractivity contribution in [1.29, 1.82) is 0 Å². The van der Waals surface area contributed by atoms with E-state index in [0.717, 1.165) is 5.56 Å². The van der Waals surface area contributed by atoms with Crippen LogP contribution in [0.15, 0.2) is 55.1 Å². The summed E-state index contributed by atoms with van der Waals surface area (Å²) >= 11 is 0. The van der Waals surface area contributed by atoms with E-state index < -0.39 is 42.3 Å². The number of aromatic nitrogens is 4. The van der Waals surface area contributed by atoms with Gasteiger partial charge in [-0.1, -0.05) is 18.2 Å². The van der Waals surface area contributed by atoms with Crippen LogP contribution in [0, 0.1) is 0 Å². The van der Waals surface area contributed by atoms with E-state index in [4.69, 9.17) is 23.7 Å². The number of esters is 2. The Balaban J connectivity index is 1.44. The molecule has 224 valence electrons. The van der Waals surface area contributed by atoms with Crippen LogP contribution in [-0.4, -0.2) is 80.5 Å². The molecule has 4 atom stereocenters. The molecule has 4 aromatic rings. The number of hydrogen-bond acceptors (Lipinski definition) is 11. The van der Waals surface area contributed by atoms with Crippen LogP contribution in [0.1, 0.15) is 54.6 Å².